The van der Waals surface area contributed by atoms with Crippen molar-refractivity contribution in [3.8, 4) is 0 Å². The molecule has 5 heteroatoms. The van der Waals surface area contributed by atoms with Gasteiger partial charge in [0.25, 0.3) is 0 Å². The number of urea groups is 1. The number of nitrogens with zero attached hydrogens (tertiary/aromatic N) is 1. The number of benzene rings is 1. The van der Waals surface area contributed by atoms with E-state index in [1.54, 1.807) is 17.0 Å². The summed E-state index contributed by atoms with van der Waals surface area (Å²) in [5.74, 6) is -0.379. The van der Waals surface area contributed by atoms with Crippen LogP contribution in [0, 0.1) is 5.82 Å². The van der Waals surface area contributed by atoms with Gasteiger partial charge in [-0.2, -0.15) is 0 Å². The molecule has 2 amide bonds. The number of carbonyl (C=O) groups excluding carboxylic acids is 1. The molecule has 1 fully saturated rings. The molecule has 1 aromatic carbocycles. The molecule has 0 saturated carbocycles. The second kappa shape index (κ2) is 6.52. The number of halogens is 1. The highest BCUT2D eigenvalue weighted by atomic mass is 19.1. The highest BCUT2D eigenvalue weighted by molar-refractivity contribution is 5.90. The zero-order valence-electron chi connectivity index (χ0n) is 11.0. The minimum atomic E-state index is -0.379. The molecule has 1 aliphatic heterocycles. The van der Waals surface area contributed by atoms with Gasteiger partial charge < -0.3 is 16.0 Å². The summed E-state index contributed by atoms with van der Waals surface area (Å²) in [7, 11) is 0. The third-order valence-corrected chi connectivity index (χ3v) is 3.46. The van der Waals surface area contributed by atoms with Gasteiger partial charge in [0.05, 0.1) is 0 Å². The summed E-state index contributed by atoms with van der Waals surface area (Å²) >= 11 is 0. The number of nitrogens with two attached hydrogens (primary N) is 1. The van der Waals surface area contributed by atoms with Gasteiger partial charge in [-0.05, 0) is 25.0 Å². The molecule has 0 radical (unpaired) electrons. The third-order valence-electron chi connectivity index (χ3n) is 3.46. The molecule has 0 aliphatic carbocycles. The number of hydrogen-bond acceptors (Lipinski definition) is 2. The smallest absolute Gasteiger partial charge is 0.321 e. The topological polar surface area (TPSA) is 58.4 Å². The van der Waals surface area contributed by atoms with E-state index in [0.717, 1.165) is 38.8 Å². The van der Waals surface area contributed by atoms with Crippen LogP contribution in [0.3, 0.4) is 0 Å². The van der Waals surface area contributed by atoms with Gasteiger partial charge in [0.15, 0.2) is 0 Å². The maximum atomic E-state index is 13.6. The Morgan fingerprint density at radius 1 is 1.26 bits per heavy atom. The van der Waals surface area contributed by atoms with Gasteiger partial charge in [0.2, 0.25) is 0 Å². The predicted molar refractivity (Wildman–Crippen MR) is 73.4 cm³/mol. The molecule has 0 atom stereocenters. The van der Waals surface area contributed by atoms with Gasteiger partial charge in [-0.15, -0.1) is 0 Å². The summed E-state index contributed by atoms with van der Waals surface area (Å²) in [4.78, 5) is 13.9. The Hall–Kier alpha value is -1.62. The number of anilines is 1. The number of nitrogens with one attached hydrogen (secondary N) is 1. The standard InChI is InChI=1S/C14H20FN3O/c15-12-6-5-7-13(11(12)10-16)17-14(19)18-8-3-1-2-4-9-18/h5-7H,1-4,8-10,16H2,(H,17,19). The van der Waals surface area contributed by atoms with E-state index >= 15 is 0 Å². The summed E-state index contributed by atoms with van der Waals surface area (Å²) in [5, 5.41) is 2.77. The van der Waals surface area contributed by atoms with Gasteiger partial charge in [-0.25, -0.2) is 9.18 Å². The van der Waals surface area contributed by atoms with E-state index < -0.39 is 0 Å². The van der Waals surface area contributed by atoms with Crippen LogP contribution in [0.5, 0.6) is 0 Å². The lowest BCUT2D eigenvalue weighted by Gasteiger charge is -2.21. The maximum Gasteiger partial charge on any atom is 0.321 e. The number of carbonyl (C=O) groups is 1. The second-order valence-corrected chi connectivity index (χ2v) is 4.80. The zero-order chi connectivity index (χ0) is 13.7. The summed E-state index contributed by atoms with van der Waals surface area (Å²) in [5.41, 5.74) is 6.35. The molecule has 1 heterocycles. The predicted octanol–water partition coefficient (Wildman–Crippen LogP) is 2.69. The van der Waals surface area contributed by atoms with Gasteiger partial charge >= 0.3 is 6.03 Å². The minimum absolute atomic E-state index is 0.0717. The van der Waals surface area contributed by atoms with Crippen LogP contribution in [-0.4, -0.2) is 24.0 Å². The van der Waals surface area contributed by atoms with E-state index in [1.165, 1.54) is 6.07 Å². The first-order chi connectivity index (χ1) is 9.22. The van der Waals surface area contributed by atoms with Gasteiger partial charge in [0.1, 0.15) is 5.82 Å². The Kier molecular flexibility index (Phi) is 4.74. The van der Waals surface area contributed by atoms with Crippen LogP contribution in [-0.2, 0) is 6.54 Å². The van der Waals surface area contributed by atoms with E-state index in [2.05, 4.69) is 5.32 Å². The molecule has 19 heavy (non-hydrogen) atoms. The fourth-order valence-corrected chi connectivity index (χ4v) is 2.35. The Morgan fingerprint density at radius 3 is 2.58 bits per heavy atom. The molecule has 104 valence electrons. The first-order valence-electron chi connectivity index (χ1n) is 6.75. The average Bonchev–Trinajstić information content (AvgIpc) is 2.68. The average molecular weight is 265 g/mol. The number of rotatable bonds is 2. The van der Waals surface area contributed by atoms with Crippen molar-refractivity contribution in [2.75, 3.05) is 18.4 Å². The lowest BCUT2D eigenvalue weighted by Crippen LogP contribution is -2.36. The maximum absolute atomic E-state index is 13.6. The van der Waals surface area contributed by atoms with Crippen LogP contribution in [0.4, 0.5) is 14.9 Å². The van der Waals surface area contributed by atoms with Gasteiger partial charge in [-0.3, -0.25) is 0 Å². The summed E-state index contributed by atoms with van der Waals surface area (Å²) in [6, 6.07) is 4.44. The first kappa shape index (κ1) is 13.8. The molecular weight excluding hydrogens is 245 g/mol. The van der Waals surface area contributed by atoms with Crippen LogP contribution < -0.4 is 11.1 Å². The third kappa shape index (κ3) is 3.44. The van der Waals surface area contributed by atoms with Crippen molar-refractivity contribution < 1.29 is 9.18 Å². The van der Waals surface area contributed by atoms with Crippen molar-refractivity contribution in [3.63, 3.8) is 0 Å². The highest BCUT2D eigenvalue weighted by Crippen LogP contribution is 2.19. The van der Waals surface area contributed by atoms with Crippen molar-refractivity contribution in [1.82, 2.24) is 4.90 Å². The summed E-state index contributed by atoms with van der Waals surface area (Å²) < 4.78 is 13.6. The molecule has 0 aromatic heterocycles. The van der Waals surface area contributed by atoms with Gasteiger partial charge in [0, 0.05) is 30.9 Å². The molecule has 4 nitrogen and oxygen atoms in total. The van der Waals surface area contributed by atoms with Crippen LogP contribution in [0.2, 0.25) is 0 Å². The Bertz CT molecular complexity index is 442. The fourth-order valence-electron chi connectivity index (χ4n) is 2.35. The van der Waals surface area contributed by atoms with E-state index in [9.17, 15) is 9.18 Å². The lowest BCUT2D eigenvalue weighted by atomic mass is 10.1. The summed E-state index contributed by atoms with van der Waals surface area (Å²) in [6.45, 7) is 1.60. The van der Waals surface area contributed by atoms with Crippen LogP contribution in [0.15, 0.2) is 18.2 Å². The van der Waals surface area contributed by atoms with Crippen LogP contribution >= 0.6 is 0 Å². The summed E-state index contributed by atoms with van der Waals surface area (Å²) in [6.07, 6.45) is 4.39. The van der Waals surface area contributed by atoms with Crippen molar-refractivity contribution in [3.05, 3.63) is 29.6 Å². The lowest BCUT2D eigenvalue weighted by molar-refractivity contribution is 0.213. The molecule has 3 N–H and O–H groups in total. The molecule has 1 aromatic rings. The van der Waals surface area contributed by atoms with Crippen LogP contribution in [0.25, 0.3) is 0 Å². The first-order valence-corrected chi connectivity index (χ1v) is 6.75. The molecule has 0 bridgehead atoms. The van der Waals surface area contributed by atoms with E-state index in [1.807, 2.05) is 0 Å². The minimum Gasteiger partial charge on any atom is -0.326 e. The zero-order valence-corrected chi connectivity index (χ0v) is 11.0. The van der Waals surface area contributed by atoms with Crippen molar-refractivity contribution in [2.45, 2.75) is 32.2 Å². The van der Waals surface area contributed by atoms with Crippen LogP contribution in [0.1, 0.15) is 31.2 Å². The molecule has 0 unspecified atom stereocenters. The largest absolute Gasteiger partial charge is 0.326 e. The molecule has 1 saturated heterocycles. The highest BCUT2D eigenvalue weighted by Gasteiger charge is 2.17. The number of likely N-dealkylation sites (tertiary alicyclic amines) is 1. The molecular formula is C14H20FN3O. The molecule has 2 rings (SSSR count). The Morgan fingerprint density at radius 2 is 1.95 bits per heavy atom. The van der Waals surface area contributed by atoms with Gasteiger partial charge in [-0.1, -0.05) is 18.9 Å². The monoisotopic (exact) mass is 265 g/mol. The molecule has 0 spiro atoms. The Balaban J connectivity index is 2.07. The number of amides is 2. The number of hydrogen-bond donors (Lipinski definition) is 2. The van der Waals surface area contributed by atoms with E-state index in [0.29, 0.717) is 11.3 Å². The van der Waals surface area contributed by atoms with E-state index in [4.69, 9.17) is 5.73 Å². The molecule has 1 aliphatic rings. The fraction of sp³-hybridized carbons (Fsp3) is 0.500. The SMILES string of the molecule is NCc1c(F)cccc1NC(=O)N1CCCCCC1. The quantitative estimate of drug-likeness (QED) is 0.863. The normalized spacial score (nSPS) is 16.0. The van der Waals surface area contributed by atoms with Crippen molar-refractivity contribution >= 4 is 11.7 Å². The van der Waals surface area contributed by atoms with Crippen molar-refractivity contribution in [1.29, 1.82) is 0 Å². The van der Waals surface area contributed by atoms with Crippen molar-refractivity contribution in [2.24, 2.45) is 5.73 Å². The second-order valence-electron chi connectivity index (χ2n) is 4.80. The Labute approximate surface area is 112 Å². The van der Waals surface area contributed by atoms with E-state index in [-0.39, 0.29) is 18.4 Å².